The van der Waals surface area contributed by atoms with Crippen molar-refractivity contribution in [1.29, 1.82) is 0 Å². The van der Waals surface area contributed by atoms with Crippen molar-refractivity contribution in [2.45, 2.75) is 31.7 Å². The van der Waals surface area contributed by atoms with Gasteiger partial charge in [0, 0.05) is 0 Å². The van der Waals surface area contributed by atoms with Crippen LogP contribution in [0, 0.1) is 0 Å². The molecule has 1 fully saturated rings. The third-order valence-corrected chi connectivity index (χ3v) is 2.76. The molecule has 3 heteroatoms. The molecule has 0 saturated heterocycles. The van der Waals surface area contributed by atoms with E-state index >= 15 is 0 Å². The monoisotopic (exact) mass is 227 g/mol. The lowest BCUT2D eigenvalue weighted by Crippen LogP contribution is -2.29. The standard InChI is InChI=1S/C12H17NO.ClH/c1-2-10-5-3-4-6-11(10)14-9-12(13)7-8-12;/h3-6H,2,7-9,13H2,1H3;1H. The van der Waals surface area contributed by atoms with Crippen LogP contribution in [0.4, 0.5) is 0 Å². The van der Waals surface area contributed by atoms with Gasteiger partial charge in [-0.05, 0) is 30.9 Å². The maximum Gasteiger partial charge on any atom is 0.122 e. The van der Waals surface area contributed by atoms with Crippen molar-refractivity contribution < 1.29 is 4.74 Å². The second kappa shape index (κ2) is 4.86. The lowest BCUT2D eigenvalue weighted by molar-refractivity contribution is 0.277. The van der Waals surface area contributed by atoms with Gasteiger partial charge >= 0.3 is 0 Å². The summed E-state index contributed by atoms with van der Waals surface area (Å²) in [4.78, 5) is 0. The van der Waals surface area contributed by atoms with Crippen molar-refractivity contribution in [2.24, 2.45) is 5.73 Å². The fourth-order valence-electron chi connectivity index (χ4n) is 1.46. The number of aryl methyl sites for hydroxylation is 1. The average molecular weight is 228 g/mol. The summed E-state index contributed by atoms with van der Waals surface area (Å²) in [6, 6.07) is 8.17. The van der Waals surface area contributed by atoms with E-state index in [9.17, 15) is 0 Å². The number of halogens is 1. The summed E-state index contributed by atoms with van der Waals surface area (Å²) in [5.41, 5.74) is 7.19. The molecule has 1 aliphatic carbocycles. The van der Waals surface area contributed by atoms with Gasteiger partial charge in [-0.2, -0.15) is 0 Å². The van der Waals surface area contributed by atoms with Crippen LogP contribution in [0.15, 0.2) is 24.3 Å². The van der Waals surface area contributed by atoms with Crippen molar-refractivity contribution in [2.75, 3.05) is 6.61 Å². The fraction of sp³-hybridized carbons (Fsp3) is 0.500. The van der Waals surface area contributed by atoms with Gasteiger partial charge in [0.15, 0.2) is 0 Å². The molecular formula is C12H18ClNO. The first-order valence-electron chi connectivity index (χ1n) is 5.23. The highest BCUT2D eigenvalue weighted by molar-refractivity contribution is 5.85. The van der Waals surface area contributed by atoms with E-state index in [1.165, 1.54) is 5.56 Å². The maximum atomic E-state index is 5.96. The Morgan fingerprint density at radius 2 is 2.00 bits per heavy atom. The largest absolute Gasteiger partial charge is 0.491 e. The first-order chi connectivity index (χ1) is 6.73. The molecule has 0 aromatic heterocycles. The van der Waals surface area contributed by atoms with E-state index in [0.717, 1.165) is 25.0 Å². The van der Waals surface area contributed by atoms with Crippen LogP contribution < -0.4 is 10.5 Å². The van der Waals surface area contributed by atoms with Crippen molar-refractivity contribution in [3.8, 4) is 5.75 Å². The molecule has 0 heterocycles. The molecule has 1 aromatic rings. The topological polar surface area (TPSA) is 35.2 Å². The maximum absolute atomic E-state index is 5.96. The van der Waals surface area contributed by atoms with Gasteiger partial charge in [-0.3, -0.25) is 0 Å². The zero-order chi connectivity index (χ0) is 10.0. The number of ether oxygens (including phenoxy) is 1. The van der Waals surface area contributed by atoms with Crippen molar-refractivity contribution in [3.63, 3.8) is 0 Å². The van der Waals surface area contributed by atoms with Gasteiger partial charge in [-0.25, -0.2) is 0 Å². The second-order valence-corrected chi connectivity index (χ2v) is 4.11. The summed E-state index contributed by atoms with van der Waals surface area (Å²) in [5.74, 6) is 0.992. The number of hydrogen-bond donors (Lipinski definition) is 1. The number of nitrogens with two attached hydrogens (primary N) is 1. The molecule has 0 bridgehead atoms. The Morgan fingerprint density at radius 3 is 2.60 bits per heavy atom. The second-order valence-electron chi connectivity index (χ2n) is 4.11. The van der Waals surface area contributed by atoms with Gasteiger partial charge < -0.3 is 10.5 Å². The molecule has 1 aliphatic rings. The normalized spacial score (nSPS) is 16.7. The molecule has 0 spiro atoms. The predicted octanol–water partition coefficient (Wildman–Crippen LogP) is 2.54. The van der Waals surface area contributed by atoms with Gasteiger partial charge in [-0.1, -0.05) is 25.1 Å². The highest BCUT2D eigenvalue weighted by Gasteiger charge is 2.39. The Morgan fingerprint density at radius 1 is 1.33 bits per heavy atom. The predicted molar refractivity (Wildman–Crippen MR) is 64.7 cm³/mol. The summed E-state index contributed by atoms with van der Waals surface area (Å²) in [5, 5.41) is 0. The van der Waals surface area contributed by atoms with Gasteiger partial charge in [0.1, 0.15) is 12.4 Å². The Bertz CT molecular complexity index is 323. The van der Waals surface area contributed by atoms with E-state index < -0.39 is 0 Å². The molecule has 0 aliphatic heterocycles. The third-order valence-electron chi connectivity index (χ3n) is 2.76. The van der Waals surface area contributed by atoms with Crippen molar-refractivity contribution >= 4 is 12.4 Å². The summed E-state index contributed by atoms with van der Waals surface area (Å²) < 4.78 is 5.73. The lowest BCUT2D eigenvalue weighted by atomic mass is 10.1. The first kappa shape index (κ1) is 12.3. The zero-order valence-electron chi connectivity index (χ0n) is 9.03. The Hall–Kier alpha value is -0.730. The van der Waals surface area contributed by atoms with Gasteiger partial charge in [-0.15, -0.1) is 12.4 Å². The van der Waals surface area contributed by atoms with Gasteiger partial charge in [0.2, 0.25) is 0 Å². The molecule has 84 valence electrons. The van der Waals surface area contributed by atoms with Gasteiger partial charge in [0.05, 0.1) is 5.54 Å². The third kappa shape index (κ3) is 3.11. The Kier molecular flexibility index (Phi) is 4.00. The molecule has 1 aromatic carbocycles. The van der Waals surface area contributed by atoms with Gasteiger partial charge in [0.25, 0.3) is 0 Å². The minimum Gasteiger partial charge on any atom is -0.491 e. The van der Waals surface area contributed by atoms with E-state index in [2.05, 4.69) is 13.0 Å². The Labute approximate surface area is 97.2 Å². The smallest absolute Gasteiger partial charge is 0.122 e. The minimum atomic E-state index is -0.0269. The van der Waals surface area contributed by atoms with Crippen LogP contribution in [0.3, 0.4) is 0 Å². The molecule has 0 unspecified atom stereocenters. The average Bonchev–Trinajstić information content (AvgIpc) is 2.95. The summed E-state index contributed by atoms with van der Waals surface area (Å²) >= 11 is 0. The number of benzene rings is 1. The molecule has 2 N–H and O–H groups in total. The van der Waals surface area contributed by atoms with Crippen LogP contribution in [-0.2, 0) is 6.42 Å². The van der Waals surface area contributed by atoms with Crippen molar-refractivity contribution in [3.05, 3.63) is 29.8 Å². The lowest BCUT2D eigenvalue weighted by Gasteiger charge is -2.13. The van der Waals surface area contributed by atoms with E-state index in [0.29, 0.717) is 6.61 Å². The molecule has 1 saturated carbocycles. The van der Waals surface area contributed by atoms with Crippen molar-refractivity contribution in [1.82, 2.24) is 0 Å². The van der Waals surface area contributed by atoms with Crippen LogP contribution in [-0.4, -0.2) is 12.1 Å². The van der Waals surface area contributed by atoms with Crippen LogP contribution in [0.2, 0.25) is 0 Å². The van der Waals surface area contributed by atoms with E-state index in [1.54, 1.807) is 0 Å². The molecular weight excluding hydrogens is 210 g/mol. The van der Waals surface area contributed by atoms with Crippen LogP contribution >= 0.6 is 12.4 Å². The molecule has 0 radical (unpaired) electrons. The number of para-hydroxylation sites is 1. The highest BCUT2D eigenvalue weighted by atomic mass is 35.5. The van der Waals surface area contributed by atoms with Crippen LogP contribution in [0.25, 0.3) is 0 Å². The molecule has 0 amide bonds. The Balaban J connectivity index is 0.00000112. The number of hydrogen-bond acceptors (Lipinski definition) is 2. The number of rotatable bonds is 4. The molecule has 2 nitrogen and oxygen atoms in total. The summed E-state index contributed by atoms with van der Waals surface area (Å²) in [6.07, 6.45) is 3.20. The quantitative estimate of drug-likeness (QED) is 0.858. The minimum absolute atomic E-state index is 0. The summed E-state index contributed by atoms with van der Waals surface area (Å²) in [6.45, 7) is 2.79. The molecule has 2 rings (SSSR count). The van der Waals surface area contributed by atoms with E-state index in [-0.39, 0.29) is 17.9 Å². The van der Waals surface area contributed by atoms with E-state index in [4.69, 9.17) is 10.5 Å². The molecule has 0 atom stereocenters. The van der Waals surface area contributed by atoms with Crippen LogP contribution in [0.5, 0.6) is 5.75 Å². The summed E-state index contributed by atoms with van der Waals surface area (Å²) in [7, 11) is 0. The zero-order valence-corrected chi connectivity index (χ0v) is 9.85. The fourth-order valence-corrected chi connectivity index (χ4v) is 1.46. The van der Waals surface area contributed by atoms with Crippen LogP contribution in [0.1, 0.15) is 25.3 Å². The van der Waals surface area contributed by atoms with E-state index in [1.807, 2.05) is 18.2 Å². The SMILES string of the molecule is CCc1ccccc1OCC1(N)CC1.Cl. The first-order valence-corrected chi connectivity index (χ1v) is 5.23. The highest BCUT2D eigenvalue weighted by Crippen LogP contribution is 2.33. The molecule has 15 heavy (non-hydrogen) atoms.